The van der Waals surface area contributed by atoms with Crippen molar-refractivity contribution in [2.24, 2.45) is 0 Å². The fraction of sp³-hybridized carbons (Fsp3) is 0.417. The van der Waals surface area contributed by atoms with Gasteiger partial charge in [0.1, 0.15) is 0 Å². The first-order valence-corrected chi connectivity index (χ1v) is 5.79. The van der Waals surface area contributed by atoms with Gasteiger partial charge in [-0.25, -0.2) is 18.0 Å². The van der Waals surface area contributed by atoms with Crippen molar-refractivity contribution in [1.29, 1.82) is 0 Å². The third kappa shape index (κ3) is 2.75. The molecule has 0 spiro atoms. The molecule has 2 amide bonds. The molecule has 0 atom stereocenters. The molecule has 1 aromatic carbocycles. The van der Waals surface area contributed by atoms with Crippen molar-refractivity contribution in [2.45, 2.75) is 31.7 Å². The Balaban J connectivity index is 2.00. The summed E-state index contributed by atoms with van der Waals surface area (Å²) in [4.78, 5) is 11.5. The van der Waals surface area contributed by atoms with E-state index < -0.39 is 23.5 Å². The summed E-state index contributed by atoms with van der Waals surface area (Å²) in [5.74, 6) is -4.26. The molecule has 0 heterocycles. The highest BCUT2D eigenvalue weighted by Crippen LogP contribution is 2.20. The molecule has 1 aliphatic rings. The van der Waals surface area contributed by atoms with Crippen molar-refractivity contribution in [2.75, 3.05) is 5.32 Å². The monoisotopic (exact) mass is 258 g/mol. The second-order valence-corrected chi connectivity index (χ2v) is 4.30. The molecule has 2 N–H and O–H groups in total. The molecule has 2 rings (SSSR count). The Labute approximate surface area is 102 Å². The van der Waals surface area contributed by atoms with Gasteiger partial charge >= 0.3 is 6.03 Å². The van der Waals surface area contributed by atoms with Gasteiger partial charge in [0.2, 0.25) is 0 Å². The van der Waals surface area contributed by atoms with Crippen molar-refractivity contribution in [3.8, 4) is 0 Å². The molecule has 0 bridgehead atoms. The van der Waals surface area contributed by atoms with Gasteiger partial charge in [-0.15, -0.1) is 0 Å². The van der Waals surface area contributed by atoms with E-state index in [4.69, 9.17) is 0 Å². The highest BCUT2D eigenvalue weighted by atomic mass is 19.2. The number of anilines is 1. The molecule has 0 aliphatic heterocycles. The van der Waals surface area contributed by atoms with Crippen LogP contribution in [0.2, 0.25) is 0 Å². The van der Waals surface area contributed by atoms with E-state index in [2.05, 4.69) is 10.6 Å². The number of hydrogen-bond donors (Lipinski definition) is 2. The van der Waals surface area contributed by atoms with Crippen molar-refractivity contribution in [1.82, 2.24) is 5.32 Å². The predicted octanol–water partition coefficient (Wildman–Crippen LogP) is 3.17. The number of carbonyl (C=O) groups excluding carboxylic acids is 1. The number of rotatable bonds is 2. The first-order chi connectivity index (χ1) is 8.58. The van der Waals surface area contributed by atoms with E-state index in [1.54, 1.807) is 0 Å². The third-order valence-corrected chi connectivity index (χ3v) is 2.97. The van der Waals surface area contributed by atoms with Crippen LogP contribution in [0.5, 0.6) is 0 Å². The minimum absolute atomic E-state index is 0.0679. The summed E-state index contributed by atoms with van der Waals surface area (Å²) in [5.41, 5.74) is -0.371. The van der Waals surface area contributed by atoms with E-state index >= 15 is 0 Å². The lowest BCUT2D eigenvalue weighted by Crippen LogP contribution is -2.36. The average molecular weight is 258 g/mol. The highest BCUT2D eigenvalue weighted by molar-refractivity contribution is 5.89. The van der Waals surface area contributed by atoms with Crippen LogP contribution in [0.3, 0.4) is 0 Å². The quantitative estimate of drug-likeness (QED) is 0.786. The molecule has 98 valence electrons. The largest absolute Gasteiger partial charge is 0.335 e. The van der Waals surface area contributed by atoms with Crippen LogP contribution in [0.4, 0.5) is 23.7 Å². The molecule has 0 radical (unpaired) electrons. The van der Waals surface area contributed by atoms with Gasteiger partial charge in [-0.05, 0) is 25.0 Å². The van der Waals surface area contributed by atoms with Crippen molar-refractivity contribution < 1.29 is 18.0 Å². The molecule has 1 fully saturated rings. The molecule has 1 aliphatic carbocycles. The molecular weight excluding hydrogens is 245 g/mol. The lowest BCUT2D eigenvalue weighted by molar-refractivity contribution is 0.248. The number of amides is 2. The molecule has 3 nitrogen and oxygen atoms in total. The van der Waals surface area contributed by atoms with Crippen LogP contribution in [0.1, 0.15) is 25.7 Å². The number of nitrogens with one attached hydrogen (secondary N) is 2. The number of hydrogen-bond acceptors (Lipinski definition) is 1. The Hall–Kier alpha value is -1.72. The second-order valence-electron chi connectivity index (χ2n) is 4.30. The zero-order valence-electron chi connectivity index (χ0n) is 9.60. The Morgan fingerprint density at radius 2 is 1.78 bits per heavy atom. The first kappa shape index (κ1) is 12.7. The lowest BCUT2D eigenvalue weighted by Gasteiger charge is -2.13. The Bertz CT molecular complexity index is 459. The van der Waals surface area contributed by atoms with Gasteiger partial charge in [0.25, 0.3) is 0 Å². The van der Waals surface area contributed by atoms with Gasteiger partial charge in [-0.1, -0.05) is 12.8 Å². The van der Waals surface area contributed by atoms with Crippen molar-refractivity contribution >= 4 is 11.7 Å². The summed E-state index contributed by atoms with van der Waals surface area (Å²) in [6, 6.07) is 1.22. The van der Waals surface area contributed by atoms with E-state index in [0.29, 0.717) is 0 Å². The molecule has 0 unspecified atom stereocenters. The van der Waals surface area contributed by atoms with Crippen LogP contribution in [-0.2, 0) is 0 Å². The number of carbonyl (C=O) groups is 1. The third-order valence-electron chi connectivity index (χ3n) is 2.97. The number of halogens is 3. The summed E-state index contributed by atoms with van der Waals surface area (Å²) in [5, 5.41) is 4.83. The van der Waals surface area contributed by atoms with Crippen LogP contribution in [0.25, 0.3) is 0 Å². The highest BCUT2D eigenvalue weighted by Gasteiger charge is 2.19. The Morgan fingerprint density at radius 3 is 2.44 bits per heavy atom. The van der Waals surface area contributed by atoms with Gasteiger partial charge in [0.15, 0.2) is 17.5 Å². The maximum atomic E-state index is 13.3. The smallest absolute Gasteiger partial charge is 0.319 e. The topological polar surface area (TPSA) is 41.1 Å². The van der Waals surface area contributed by atoms with Gasteiger partial charge in [-0.2, -0.15) is 0 Å². The van der Waals surface area contributed by atoms with Gasteiger partial charge in [0, 0.05) is 6.04 Å². The van der Waals surface area contributed by atoms with Crippen molar-refractivity contribution in [3.63, 3.8) is 0 Å². The maximum absolute atomic E-state index is 13.3. The summed E-state index contributed by atoms with van der Waals surface area (Å²) >= 11 is 0. The zero-order chi connectivity index (χ0) is 13.1. The van der Waals surface area contributed by atoms with Crippen LogP contribution in [-0.4, -0.2) is 12.1 Å². The molecular formula is C12H13F3N2O. The van der Waals surface area contributed by atoms with Crippen LogP contribution < -0.4 is 10.6 Å². The van der Waals surface area contributed by atoms with Crippen molar-refractivity contribution in [3.05, 3.63) is 29.6 Å². The second kappa shape index (κ2) is 5.29. The standard InChI is InChI=1S/C12H13F3N2O/c13-8-5-6-9(11(15)10(8)14)17-12(18)16-7-3-1-2-4-7/h5-7H,1-4H2,(H2,16,17,18). The summed E-state index contributed by atoms with van der Waals surface area (Å²) < 4.78 is 38.9. The minimum atomic E-state index is -1.59. The maximum Gasteiger partial charge on any atom is 0.319 e. The lowest BCUT2D eigenvalue weighted by atomic mass is 10.2. The van der Waals surface area contributed by atoms with Crippen LogP contribution in [0, 0.1) is 17.5 Å². The zero-order valence-corrected chi connectivity index (χ0v) is 9.60. The van der Waals surface area contributed by atoms with Crippen LogP contribution >= 0.6 is 0 Å². The van der Waals surface area contributed by atoms with E-state index in [1.807, 2.05) is 0 Å². The Kier molecular flexibility index (Phi) is 3.74. The molecule has 18 heavy (non-hydrogen) atoms. The molecule has 0 aromatic heterocycles. The van der Waals surface area contributed by atoms with Gasteiger partial charge in [-0.3, -0.25) is 0 Å². The van der Waals surface area contributed by atoms with E-state index in [-0.39, 0.29) is 11.7 Å². The summed E-state index contributed by atoms with van der Waals surface area (Å²) in [7, 11) is 0. The number of urea groups is 1. The Morgan fingerprint density at radius 1 is 1.11 bits per heavy atom. The summed E-state index contributed by atoms with van der Waals surface area (Å²) in [6.45, 7) is 0. The predicted molar refractivity (Wildman–Crippen MR) is 60.7 cm³/mol. The first-order valence-electron chi connectivity index (χ1n) is 5.79. The normalized spacial score (nSPS) is 15.7. The molecule has 1 aromatic rings. The minimum Gasteiger partial charge on any atom is -0.335 e. The van der Waals surface area contributed by atoms with Crippen LogP contribution in [0.15, 0.2) is 12.1 Å². The summed E-state index contributed by atoms with van der Waals surface area (Å²) in [6.07, 6.45) is 3.86. The number of benzene rings is 1. The van der Waals surface area contributed by atoms with Gasteiger partial charge < -0.3 is 10.6 Å². The molecule has 1 saturated carbocycles. The fourth-order valence-corrected chi connectivity index (χ4v) is 2.04. The van der Waals surface area contributed by atoms with E-state index in [0.717, 1.165) is 37.8 Å². The van der Waals surface area contributed by atoms with E-state index in [9.17, 15) is 18.0 Å². The fourth-order valence-electron chi connectivity index (χ4n) is 2.04. The molecule has 6 heteroatoms. The molecule has 0 saturated heterocycles. The van der Waals surface area contributed by atoms with E-state index in [1.165, 1.54) is 0 Å². The SMILES string of the molecule is O=C(Nc1ccc(F)c(F)c1F)NC1CCCC1. The van der Waals surface area contributed by atoms with Gasteiger partial charge in [0.05, 0.1) is 5.69 Å². The average Bonchev–Trinajstić information content (AvgIpc) is 2.83.